The van der Waals surface area contributed by atoms with Crippen LogP contribution in [0, 0.1) is 24.7 Å². The molecule has 0 aliphatic heterocycles. The van der Waals surface area contributed by atoms with Crippen molar-refractivity contribution >= 4 is 5.97 Å². The van der Waals surface area contributed by atoms with E-state index in [1.54, 1.807) is 13.1 Å². The van der Waals surface area contributed by atoms with Gasteiger partial charge in [-0.15, -0.1) is 5.10 Å². The molecule has 0 amide bonds. The summed E-state index contributed by atoms with van der Waals surface area (Å²) in [5, 5.41) is 17.7. The fourth-order valence-electron chi connectivity index (χ4n) is 5.34. The first-order chi connectivity index (χ1) is 17.3. The minimum atomic E-state index is -2.72. The lowest BCUT2D eigenvalue weighted by Gasteiger charge is -2.18. The molecule has 3 aromatic rings. The molecular formula is C24H26F2N6O4. The zero-order valence-electron chi connectivity index (χ0n) is 19.8. The lowest BCUT2D eigenvalue weighted by atomic mass is 9.92. The molecule has 3 aromatic heterocycles. The summed E-state index contributed by atoms with van der Waals surface area (Å²) in [5.74, 6) is 0.242. The van der Waals surface area contributed by atoms with Crippen LogP contribution in [0.2, 0.25) is 0 Å². The Morgan fingerprint density at radius 1 is 1.22 bits per heavy atom. The molecule has 0 spiro atoms. The van der Waals surface area contributed by atoms with E-state index in [0.29, 0.717) is 34.4 Å². The van der Waals surface area contributed by atoms with Crippen LogP contribution in [0.15, 0.2) is 24.4 Å². The standard InChI is InChI=1S/C24H26F2N6O4/c1-12-20(36-14-9-13-3-4-15(23(33)34)16(13)10-14)6-5-17(28-12)21-19(32(2)31-30-21)11-35-24-27-8-7-18(29-24)22(25)26/h5-8,13-16,22H,3-4,9-11H2,1-2H3,(H,33,34)/t13-,14+,15-,16+/m0/s1. The molecule has 0 aromatic carbocycles. The van der Waals surface area contributed by atoms with Crippen LogP contribution in [0.5, 0.6) is 11.8 Å². The third-order valence-corrected chi connectivity index (χ3v) is 7.12. The smallest absolute Gasteiger partial charge is 0.317 e. The number of halogens is 2. The number of nitrogens with zero attached hydrogens (tertiary/aromatic N) is 6. The zero-order valence-corrected chi connectivity index (χ0v) is 19.8. The number of hydrogen-bond donors (Lipinski definition) is 1. The summed E-state index contributed by atoms with van der Waals surface area (Å²) < 4.78 is 39.1. The van der Waals surface area contributed by atoms with Gasteiger partial charge in [-0.1, -0.05) is 5.21 Å². The van der Waals surface area contributed by atoms with Crippen LogP contribution in [0.3, 0.4) is 0 Å². The Labute approximate surface area is 205 Å². The molecule has 2 fully saturated rings. The number of aromatic nitrogens is 6. The highest BCUT2D eigenvalue weighted by atomic mass is 19.3. The number of pyridine rings is 1. The van der Waals surface area contributed by atoms with Crippen LogP contribution in [0.4, 0.5) is 8.78 Å². The summed E-state index contributed by atoms with van der Waals surface area (Å²) in [6, 6.07) is 4.57. The van der Waals surface area contributed by atoms with E-state index in [9.17, 15) is 18.7 Å². The van der Waals surface area contributed by atoms with Gasteiger partial charge in [0.1, 0.15) is 29.4 Å². The van der Waals surface area contributed by atoms with Gasteiger partial charge in [-0.2, -0.15) is 4.98 Å². The van der Waals surface area contributed by atoms with Crippen molar-refractivity contribution in [2.45, 2.75) is 51.7 Å². The molecule has 190 valence electrons. The number of rotatable bonds is 8. The first-order valence-electron chi connectivity index (χ1n) is 11.8. The number of hydrogen-bond acceptors (Lipinski definition) is 8. The second-order valence-electron chi connectivity index (χ2n) is 9.30. The molecule has 0 saturated heterocycles. The highest BCUT2D eigenvalue weighted by molar-refractivity contribution is 5.71. The van der Waals surface area contributed by atoms with Crippen LogP contribution in [-0.4, -0.2) is 47.1 Å². The van der Waals surface area contributed by atoms with Crippen molar-refractivity contribution in [1.82, 2.24) is 29.9 Å². The van der Waals surface area contributed by atoms with E-state index in [0.717, 1.165) is 31.7 Å². The Hall–Kier alpha value is -3.70. The summed E-state index contributed by atoms with van der Waals surface area (Å²) in [4.78, 5) is 23.8. The number of alkyl halides is 2. The molecule has 4 atom stereocenters. The summed E-state index contributed by atoms with van der Waals surface area (Å²) in [6.07, 6.45) is 1.75. The fourth-order valence-corrected chi connectivity index (χ4v) is 5.34. The lowest BCUT2D eigenvalue weighted by Crippen LogP contribution is -2.21. The van der Waals surface area contributed by atoms with Crippen LogP contribution >= 0.6 is 0 Å². The van der Waals surface area contributed by atoms with Gasteiger partial charge >= 0.3 is 12.0 Å². The lowest BCUT2D eigenvalue weighted by molar-refractivity contribution is -0.143. The van der Waals surface area contributed by atoms with E-state index < -0.39 is 18.1 Å². The molecule has 0 radical (unpaired) electrons. The van der Waals surface area contributed by atoms with E-state index >= 15 is 0 Å². The van der Waals surface area contributed by atoms with Gasteiger partial charge in [0.25, 0.3) is 6.43 Å². The molecular weight excluding hydrogens is 474 g/mol. The molecule has 36 heavy (non-hydrogen) atoms. The van der Waals surface area contributed by atoms with E-state index in [-0.39, 0.29) is 30.6 Å². The third kappa shape index (κ3) is 4.71. The maximum atomic E-state index is 12.9. The molecule has 0 unspecified atom stereocenters. The van der Waals surface area contributed by atoms with Gasteiger partial charge in [-0.05, 0) is 62.6 Å². The first-order valence-corrected chi connectivity index (χ1v) is 11.8. The maximum Gasteiger partial charge on any atom is 0.317 e. The Morgan fingerprint density at radius 2 is 2.06 bits per heavy atom. The van der Waals surface area contributed by atoms with E-state index in [2.05, 4.69) is 25.3 Å². The van der Waals surface area contributed by atoms with E-state index in [4.69, 9.17) is 9.47 Å². The van der Waals surface area contributed by atoms with Gasteiger partial charge in [-0.3, -0.25) is 4.79 Å². The van der Waals surface area contributed by atoms with Gasteiger partial charge in [-0.25, -0.2) is 23.4 Å². The van der Waals surface area contributed by atoms with Crippen LogP contribution in [0.25, 0.3) is 11.4 Å². The number of carboxylic acids is 1. The highest BCUT2D eigenvalue weighted by Crippen LogP contribution is 2.48. The Balaban J connectivity index is 1.28. The average molecular weight is 501 g/mol. The average Bonchev–Trinajstić information content (AvgIpc) is 3.53. The minimum Gasteiger partial charge on any atom is -0.489 e. The van der Waals surface area contributed by atoms with Crippen molar-refractivity contribution in [3.63, 3.8) is 0 Å². The van der Waals surface area contributed by atoms with Crippen molar-refractivity contribution in [2.75, 3.05) is 0 Å². The van der Waals surface area contributed by atoms with Crippen molar-refractivity contribution in [3.05, 3.63) is 41.5 Å². The SMILES string of the molecule is Cc1nc(-c2nnn(C)c2COc2nccc(C(F)F)n2)ccc1O[C@@H]1C[C@@H]2CC[C@H](C(=O)O)[C@@H]2C1. The van der Waals surface area contributed by atoms with Gasteiger partial charge in [0.2, 0.25) is 0 Å². The Kier molecular flexibility index (Phi) is 6.50. The molecule has 12 heteroatoms. The highest BCUT2D eigenvalue weighted by Gasteiger charge is 2.47. The summed E-state index contributed by atoms with van der Waals surface area (Å²) in [7, 11) is 1.69. The van der Waals surface area contributed by atoms with Crippen molar-refractivity contribution in [3.8, 4) is 23.1 Å². The number of aliphatic carboxylic acids is 1. The second kappa shape index (κ2) is 9.75. The fraction of sp³-hybridized carbons (Fsp3) is 0.500. The van der Waals surface area contributed by atoms with Gasteiger partial charge in [0.15, 0.2) is 0 Å². The summed E-state index contributed by atoms with van der Waals surface area (Å²) in [6.45, 7) is 1.80. The molecule has 10 nitrogen and oxygen atoms in total. The topological polar surface area (TPSA) is 125 Å². The van der Waals surface area contributed by atoms with Gasteiger partial charge < -0.3 is 14.6 Å². The molecule has 2 saturated carbocycles. The van der Waals surface area contributed by atoms with Gasteiger partial charge in [0.05, 0.1) is 23.4 Å². The molecule has 5 rings (SSSR count). The van der Waals surface area contributed by atoms with Crippen LogP contribution < -0.4 is 9.47 Å². The molecule has 1 N–H and O–H groups in total. The van der Waals surface area contributed by atoms with E-state index in [1.807, 2.05) is 13.0 Å². The normalized spacial score (nSPS) is 23.1. The number of aryl methyl sites for hydroxylation is 2. The monoisotopic (exact) mass is 500 g/mol. The first kappa shape index (κ1) is 24.0. The summed E-state index contributed by atoms with van der Waals surface area (Å²) in [5.41, 5.74) is 1.87. The number of carboxylic acid groups (broad SMARTS) is 1. The van der Waals surface area contributed by atoms with Crippen molar-refractivity contribution in [1.29, 1.82) is 0 Å². The second-order valence-corrected chi connectivity index (χ2v) is 9.30. The molecule has 0 bridgehead atoms. The molecule has 2 aliphatic carbocycles. The largest absolute Gasteiger partial charge is 0.489 e. The third-order valence-electron chi connectivity index (χ3n) is 7.12. The predicted molar refractivity (Wildman–Crippen MR) is 121 cm³/mol. The molecule has 3 heterocycles. The van der Waals surface area contributed by atoms with Crippen molar-refractivity contribution < 1.29 is 28.2 Å². The number of fused-ring (bicyclic) bond motifs is 1. The van der Waals surface area contributed by atoms with E-state index in [1.165, 1.54) is 10.9 Å². The van der Waals surface area contributed by atoms with Gasteiger partial charge in [0, 0.05) is 13.2 Å². The van der Waals surface area contributed by atoms with Crippen LogP contribution in [0.1, 0.15) is 49.2 Å². The Bertz CT molecular complexity index is 1270. The van der Waals surface area contributed by atoms with Crippen molar-refractivity contribution in [2.24, 2.45) is 24.8 Å². The Morgan fingerprint density at radius 3 is 2.81 bits per heavy atom. The maximum absolute atomic E-state index is 12.9. The quantitative estimate of drug-likeness (QED) is 0.492. The summed E-state index contributed by atoms with van der Waals surface area (Å²) >= 11 is 0. The minimum absolute atomic E-state index is 0.0296. The number of carbonyl (C=O) groups is 1. The molecule has 2 aliphatic rings. The number of ether oxygens (including phenoxy) is 2. The zero-order chi connectivity index (χ0) is 25.4. The predicted octanol–water partition coefficient (Wildman–Crippen LogP) is 3.76. The van der Waals surface area contributed by atoms with Crippen LogP contribution in [-0.2, 0) is 18.4 Å².